The molecule has 1 fully saturated rings. The van der Waals surface area contributed by atoms with Gasteiger partial charge < -0.3 is 14.8 Å². The van der Waals surface area contributed by atoms with E-state index in [0.717, 1.165) is 75.0 Å². The van der Waals surface area contributed by atoms with Gasteiger partial charge in [0, 0.05) is 38.7 Å². The van der Waals surface area contributed by atoms with Crippen LogP contribution >= 0.6 is 0 Å². The molecule has 6 heteroatoms. The van der Waals surface area contributed by atoms with E-state index < -0.39 is 0 Å². The van der Waals surface area contributed by atoms with Gasteiger partial charge in [0.05, 0.1) is 25.3 Å². The largest absolute Gasteiger partial charge is 0.385 e. The van der Waals surface area contributed by atoms with Crippen LogP contribution in [0.3, 0.4) is 0 Å². The maximum atomic E-state index is 5.41. The van der Waals surface area contributed by atoms with Gasteiger partial charge in [-0.25, -0.2) is 9.97 Å². The molecule has 1 aliphatic rings. The van der Waals surface area contributed by atoms with E-state index >= 15 is 0 Å². The normalized spacial score (nSPS) is 15.8. The molecule has 0 saturated carbocycles. The second kappa shape index (κ2) is 8.37. The topological polar surface area (TPSA) is 59.5 Å². The van der Waals surface area contributed by atoms with Crippen LogP contribution in [0.5, 0.6) is 0 Å². The van der Waals surface area contributed by atoms with Crippen LogP contribution < -0.4 is 5.32 Å². The number of aromatic nitrogens is 2. The summed E-state index contributed by atoms with van der Waals surface area (Å²) in [7, 11) is 1.73. The number of hydrogen-bond donors (Lipinski definition) is 1. The minimum absolute atomic E-state index is 0.746. The predicted octanol–water partition coefficient (Wildman–Crippen LogP) is 2.22. The summed E-state index contributed by atoms with van der Waals surface area (Å²) in [6.45, 7) is 7.89. The first-order valence-corrected chi connectivity index (χ1v) is 8.56. The van der Waals surface area contributed by atoms with E-state index in [2.05, 4.69) is 35.3 Å². The number of hydrogen-bond acceptors (Lipinski definition) is 6. The van der Waals surface area contributed by atoms with Crippen LogP contribution in [0.4, 0.5) is 5.82 Å². The van der Waals surface area contributed by atoms with Crippen molar-refractivity contribution in [3.8, 4) is 0 Å². The van der Waals surface area contributed by atoms with Crippen molar-refractivity contribution in [2.24, 2.45) is 0 Å². The summed E-state index contributed by atoms with van der Waals surface area (Å²) in [5.41, 5.74) is 2.21. The zero-order valence-electron chi connectivity index (χ0n) is 14.5. The number of anilines is 1. The van der Waals surface area contributed by atoms with E-state index in [1.165, 1.54) is 5.56 Å². The Bertz CT molecular complexity index is 671. The summed E-state index contributed by atoms with van der Waals surface area (Å²) in [4.78, 5) is 11.9. The van der Waals surface area contributed by atoms with Gasteiger partial charge in [-0.1, -0.05) is 11.6 Å². The minimum Gasteiger partial charge on any atom is -0.385 e. The Morgan fingerprint density at radius 2 is 2.08 bits per heavy atom. The van der Waals surface area contributed by atoms with Crippen LogP contribution in [0.25, 0.3) is 10.9 Å². The standard InChI is InChI=1S/C18H26N4O2/c1-14-4-5-16-15(12-14)18(19-6-3-9-23-2)21-17(20-16)13-22-7-10-24-11-8-22/h4-5,12H,3,6-11,13H2,1-2H3,(H,19,20,21). The Morgan fingerprint density at radius 3 is 2.88 bits per heavy atom. The quantitative estimate of drug-likeness (QED) is 0.786. The molecule has 1 saturated heterocycles. The first-order chi connectivity index (χ1) is 11.8. The van der Waals surface area contributed by atoms with Gasteiger partial charge in [-0.3, -0.25) is 4.90 Å². The van der Waals surface area contributed by atoms with Crippen molar-refractivity contribution in [3.05, 3.63) is 29.6 Å². The van der Waals surface area contributed by atoms with Crippen LogP contribution in [0.1, 0.15) is 17.8 Å². The summed E-state index contributed by atoms with van der Waals surface area (Å²) in [5, 5.41) is 4.53. The molecule has 0 unspecified atom stereocenters. The zero-order chi connectivity index (χ0) is 16.8. The van der Waals surface area contributed by atoms with Gasteiger partial charge in [-0.2, -0.15) is 0 Å². The molecular weight excluding hydrogens is 304 g/mol. The number of methoxy groups -OCH3 is 1. The molecule has 0 bridgehead atoms. The third-order valence-electron chi connectivity index (χ3n) is 4.18. The van der Waals surface area contributed by atoms with Crippen molar-refractivity contribution in [1.29, 1.82) is 0 Å². The number of nitrogens with one attached hydrogen (secondary N) is 1. The van der Waals surface area contributed by atoms with Crippen LogP contribution in [-0.2, 0) is 16.0 Å². The Kier molecular flexibility index (Phi) is 5.96. The molecule has 0 amide bonds. The molecule has 24 heavy (non-hydrogen) atoms. The molecule has 1 aromatic carbocycles. The van der Waals surface area contributed by atoms with Gasteiger partial charge in [0.15, 0.2) is 0 Å². The van der Waals surface area contributed by atoms with E-state index in [-0.39, 0.29) is 0 Å². The maximum absolute atomic E-state index is 5.41. The van der Waals surface area contributed by atoms with Crippen molar-refractivity contribution in [2.45, 2.75) is 19.9 Å². The number of benzene rings is 1. The number of fused-ring (bicyclic) bond motifs is 1. The molecule has 130 valence electrons. The number of morpholine rings is 1. The van der Waals surface area contributed by atoms with E-state index in [1.807, 2.05) is 0 Å². The zero-order valence-corrected chi connectivity index (χ0v) is 14.5. The number of nitrogens with zero attached hydrogens (tertiary/aromatic N) is 3. The Morgan fingerprint density at radius 1 is 1.25 bits per heavy atom. The fourth-order valence-electron chi connectivity index (χ4n) is 2.88. The monoisotopic (exact) mass is 330 g/mol. The number of ether oxygens (including phenoxy) is 2. The Labute approximate surface area is 143 Å². The second-order valence-corrected chi connectivity index (χ2v) is 6.17. The molecule has 2 aromatic rings. The third kappa shape index (κ3) is 4.41. The highest BCUT2D eigenvalue weighted by molar-refractivity contribution is 5.89. The van der Waals surface area contributed by atoms with Crippen LogP contribution in [0.15, 0.2) is 18.2 Å². The average Bonchev–Trinajstić information content (AvgIpc) is 2.60. The van der Waals surface area contributed by atoms with Gasteiger partial charge in [-0.05, 0) is 25.5 Å². The highest BCUT2D eigenvalue weighted by atomic mass is 16.5. The molecule has 1 aromatic heterocycles. The first kappa shape index (κ1) is 17.1. The lowest BCUT2D eigenvalue weighted by atomic mass is 10.1. The average molecular weight is 330 g/mol. The highest BCUT2D eigenvalue weighted by Crippen LogP contribution is 2.22. The molecule has 0 radical (unpaired) electrons. The number of rotatable bonds is 7. The molecule has 3 rings (SSSR count). The minimum atomic E-state index is 0.746. The maximum Gasteiger partial charge on any atom is 0.145 e. The van der Waals surface area contributed by atoms with Crippen LogP contribution in [0, 0.1) is 6.92 Å². The molecule has 6 nitrogen and oxygen atoms in total. The fraction of sp³-hybridized carbons (Fsp3) is 0.556. The van der Waals surface area contributed by atoms with Crippen molar-refractivity contribution < 1.29 is 9.47 Å². The van der Waals surface area contributed by atoms with E-state index in [0.29, 0.717) is 0 Å². The molecule has 2 heterocycles. The molecule has 0 spiro atoms. The Hall–Kier alpha value is -1.76. The first-order valence-electron chi connectivity index (χ1n) is 8.56. The fourth-order valence-corrected chi connectivity index (χ4v) is 2.88. The highest BCUT2D eigenvalue weighted by Gasteiger charge is 2.14. The van der Waals surface area contributed by atoms with E-state index in [9.17, 15) is 0 Å². The van der Waals surface area contributed by atoms with Crippen molar-refractivity contribution >= 4 is 16.7 Å². The van der Waals surface area contributed by atoms with Crippen LogP contribution in [-0.4, -0.2) is 61.4 Å². The lowest BCUT2D eigenvalue weighted by molar-refractivity contribution is 0.0331. The molecule has 0 aliphatic carbocycles. The van der Waals surface area contributed by atoms with E-state index in [4.69, 9.17) is 19.4 Å². The summed E-state index contributed by atoms with van der Waals surface area (Å²) >= 11 is 0. The van der Waals surface area contributed by atoms with Crippen molar-refractivity contribution in [1.82, 2.24) is 14.9 Å². The second-order valence-electron chi connectivity index (χ2n) is 6.17. The van der Waals surface area contributed by atoms with Gasteiger partial charge in [0.25, 0.3) is 0 Å². The molecule has 1 aliphatic heterocycles. The van der Waals surface area contributed by atoms with Crippen molar-refractivity contribution in [2.75, 3.05) is 51.9 Å². The van der Waals surface area contributed by atoms with Crippen LogP contribution in [0.2, 0.25) is 0 Å². The molecule has 0 atom stereocenters. The van der Waals surface area contributed by atoms with Gasteiger partial charge >= 0.3 is 0 Å². The Balaban J connectivity index is 1.82. The SMILES string of the molecule is COCCCNc1nc(CN2CCOCC2)nc2ccc(C)cc12. The lowest BCUT2D eigenvalue weighted by Gasteiger charge is -2.26. The molecule has 1 N–H and O–H groups in total. The summed E-state index contributed by atoms with van der Waals surface area (Å²) in [6, 6.07) is 6.32. The van der Waals surface area contributed by atoms with E-state index in [1.54, 1.807) is 7.11 Å². The smallest absolute Gasteiger partial charge is 0.145 e. The molecular formula is C18H26N4O2. The number of aryl methyl sites for hydroxylation is 1. The van der Waals surface area contributed by atoms with Gasteiger partial charge in [-0.15, -0.1) is 0 Å². The van der Waals surface area contributed by atoms with Gasteiger partial charge in [0.2, 0.25) is 0 Å². The van der Waals surface area contributed by atoms with Crippen molar-refractivity contribution in [3.63, 3.8) is 0 Å². The summed E-state index contributed by atoms with van der Waals surface area (Å²) in [6.07, 6.45) is 0.951. The predicted molar refractivity (Wildman–Crippen MR) is 95.4 cm³/mol. The summed E-state index contributed by atoms with van der Waals surface area (Å²) in [5.74, 6) is 1.78. The third-order valence-corrected chi connectivity index (χ3v) is 4.18. The van der Waals surface area contributed by atoms with Gasteiger partial charge in [0.1, 0.15) is 11.6 Å². The summed E-state index contributed by atoms with van der Waals surface area (Å²) < 4.78 is 10.5. The lowest BCUT2D eigenvalue weighted by Crippen LogP contribution is -2.36.